The number of methoxy groups -OCH3 is 1. The molecule has 1 rings (SSSR count). The van der Waals surface area contributed by atoms with Crippen molar-refractivity contribution in [3.8, 4) is 5.75 Å². The molecule has 1 unspecified atom stereocenters. The first-order valence-corrected chi connectivity index (χ1v) is 6.45. The van der Waals surface area contributed by atoms with Crippen LogP contribution in [0.5, 0.6) is 5.75 Å². The molecule has 3 nitrogen and oxygen atoms in total. The summed E-state index contributed by atoms with van der Waals surface area (Å²) in [6.45, 7) is 7.59. The van der Waals surface area contributed by atoms with Crippen molar-refractivity contribution in [3.63, 3.8) is 0 Å². The van der Waals surface area contributed by atoms with Gasteiger partial charge in [0.25, 0.3) is 0 Å². The fourth-order valence-corrected chi connectivity index (χ4v) is 1.64. The molecule has 0 saturated carbocycles. The summed E-state index contributed by atoms with van der Waals surface area (Å²) in [4.78, 5) is 0. The van der Waals surface area contributed by atoms with Crippen molar-refractivity contribution in [1.29, 1.82) is 0 Å². The Labute approximate surface area is 114 Å². The molecule has 1 aromatic rings. The van der Waals surface area contributed by atoms with Crippen LogP contribution in [-0.2, 0) is 4.74 Å². The van der Waals surface area contributed by atoms with E-state index < -0.39 is 0 Å². The molecule has 1 atom stereocenters. The van der Waals surface area contributed by atoms with E-state index in [2.05, 4.69) is 26.1 Å². The lowest BCUT2D eigenvalue weighted by molar-refractivity contribution is 0.0765. The van der Waals surface area contributed by atoms with Gasteiger partial charge in [-0.25, -0.2) is 0 Å². The predicted molar refractivity (Wildman–Crippen MR) is 75.5 cm³/mol. The Bertz CT molecular complexity index is 363. The molecule has 18 heavy (non-hydrogen) atoms. The highest BCUT2D eigenvalue weighted by Gasteiger charge is 2.16. The van der Waals surface area contributed by atoms with Crippen LogP contribution in [0, 0.1) is 0 Å². The fraction of sp³-hybridized carbons (Fsp3) is 0.571. The molecule has 0 spiro atoms. The zero-order valence-electron chi connectivity index (χ0n) is 11.5. The highest BCUT2D eigenvalue weighted by atomic mass is 35.5. The maximum atomic E-state index is 6.07. The number of halogens is 1. The van der Waals surface area contributed by atoms with Crippen molar-refractivity contribution < 1.29 is 9.47 Å². The molecule has 0 radical (unpaired) electrons. The minimum Gasteiger partial charge on any atom is -0.485 e. The smallest absolute Gasteiger partial charge is 0.138 e. The number of hydrogen-bond donors (Lipinski definition) is 1. The van der Waals surface area contributed by atoms with Crippen LogP contribution in [0.25, 0.3) is 0 Å². The number of hydrogen-bond acceptors (Lipinski definition) is 3. The van der Waals surface area contributed by atoms with Gasteiger partial charge in [-0.15, -0.1) is 0 Å². The molecule has 0 aliphatic rings. The number of ether oxygens (including phenoxy) is 2. The van der Waals surface area contributed by atoms with Crippen molar-refractivity contribution >= 4 is 11.6 Å². The first-order chi connectivity index (χ1) is 8.42. The van der Waals surface area contributed by atoms with Gasteiger partial charge in [0, 0.05) is 19.2 Å². The van der Waals surface area contributed by atoms with Crippen LogP contribution >= 0.6 is 11.6 Å². The molecule has 1 N–H and O–H groups in total. The van der Waals surface area contributed by atoms with E-state index in [4.69, 9.17) is 21.1 Å². The number of para-hydroxylation sites is 1. The summed E-state index contributed by atoms with van der Waals surface area (Å²) < 4.78 is 11.0. The van der Waals surface area contributed by atoms with Gasteiger partial charge in [0.1, 0.15) is 11.9 Å². The van der Waals surface area contributed by atoms with Gasteiger partial charge in [-0.2, -0.15) is 0 Å². The van der Waals surface area contributed by atoms with Gasteiger partial charge in [-0.05, 0) is 32.9 Å². The predicted octanol–water partition coefficient (Wildman–Crippen LogP) is 3.12. The highest BCUT2D eigenvalue weighted by molar-refractivity contribution is 6.32. The molecule has 0 aliphatic carbocycles. The third-order valence-electron chi connectivity index (χ3n) is 2.34. The Morgan fingerprint density at radius 2 is 1.94 bits per heavy atom. The van der Waals surface area contributed by atoms with Crippen LogP contribution in [0.15, 0.2) is 24.3 Å². The van der Waals surface area contributed by atoms with E-state index in [1.807, 2.05) is 24.3 Å². The average molecular weight is 272 g/mol. The highest BCUT2D eigenvalue weighted by Crippen LogP contribution is 2.24. The number of nitrogens with one attached hydrogen (secondary N) is 1. The topological polar surface area (TPSA) is 30.5 Å². The largest absolute Gasteiger partial charge is 0.485 e. The standard InChI is InChI=1S/C14H22ClNO2/c1-14(2,3)16-9-11(10-17-4)18-13-8-6-5-7-12(13)15/h5-8,11,16H,9-10H2,1-4H3. The second-order valence-corrected chi connectivity index (χ2v) is 5.66. The molecule has 0 bridgehead atoms. The monoisotopic (exact) mass is 271 g/mol. The first-order valence-electron chi connectivity index (χ1n) is 6.07. The van der Waals surface area contributed by atoms with Gasteiger partial charge in [-0.3, -0.25) is 0 Å². The lowest BCUT2D eigenvalue weighted by Gasteiger charge is -2.25. The van der Waals surface area contributed by atoms with Crippen molar-refractivity contribution in [1.82, 2.24) is 5.32 Å². The third-order valence-corrected chi connectivity index (χ3v) is 2.66. The van der Waals surface area contributed by atoms with Gasteiger partial charge in [0.2, 0.25) is 0 Å². The van der Waals surface area contributed by atoms with Crippen molar-refractivity contribution in [2.24, 2.45) is 0 Å². The Balaban J connectivity index is 2.60. The van der Waals surface area contributed by atoms with E-state index in [-0.39, 0.29) is 11.6 Å². The summed E-state index contributed by atoms with van der Waals surface area (Å²) in [5, 5.41) is 4.02. The van der Waals surface area contributed by atoms with E-state index in [0.717, 1.165) is 0 Å². The summed E-state index contributed by atoms with van der Waals surface area (Å²) in [6, 6.07) is 7.47. The normalized spacial score (nSPS) is 13.4. The maximum Gasteiger partial charge on any atom is 0.138 e. The Morgan fingerprint density at radius 3 is 2.50 bits per heavy atom. The molecule has 0 aromatic heterocycles. The minimum absolute atomic E-state index is 0.0514. The van der Waals surface area contributed by atoms with Crippen LogP contribution in [0.4, 0.5) is 0 Å². The lowest BCUT2D eigenvalue weighted by atomic mass is 10.1. The van der Waals surface area contributed by atoms with Crippen LogP contribution < -0.4 is 10.1 Å². The molecule has 0 aliphatic heterocycles. The first kappa shape index (κ1) is 15.3. The van der Waals surface area contributed by atoms with Gasteiger partial charge in [0.05, 0.1) is 11.6 Å². The number of benzene rings is 1. The van der Waals surface area contributed by atoms with E-state index in [1.165, 1.54) is 0 Å². The third kappa shape index (κ3) is 5.71. The van der Waals surface area contributed by atoms with E-state index in [9.17, 15) is 0 Å². The maximum absolute atomic E-state index is 6.07. The quantitative estimate of drug-likeness (QED) is 0.862. The van der Waals surface area contributed by atoms with E-state index in [0.29, 0.717) is 23.9 Å². The van der Waals surface area contributed by atoms with Gasteiger partial charge in [0.15, 0.2) is 0 Å². The molecule has 0 saturated heterocycles. The lowest BCUT2D eigenvalue weighted by Crippen LogP contribution is -2.44. The molecule has 4 heteroatoms. The van der Waals surface area contributed by atoms with Crippen molar-refractivity contribution in [2.75, 3.05) is 20.3 Å². The molecule has 0 amide bonds. The molecular formula is C14H22ClNO2. The van der Waals surface area contributed by atoms with Crippen LogP contribution in [-0.4, -0.2) is 31.9 Å². The van der Waals surface area contributed by atoms with E-state index in [1.54, 1.807) is 7.11 Å². The molecule has 0 heterocycles. The van der Waals surface area contributed by atoms with Gasteiger partial charge in [-0.1, -0.05) is 23.7 Å². The summed E-state index contributed by atoms with van der Waals surface area (Å²) in [7, 11) is 1.67. The van der Waals surface area contributed by atoms with Gasteiger partial charge >= 0.3 is 0 Å². The fourth-order valence-electron chi connectivity index (χ4n) is 1.46. The van der Waals surface area contributed by atoms with Crippen LogP contribution in [0.2, 0.25) is 5.02 Å². The molecule has 102 valence electrons. The van der Waals surface area contributed by atoms with Crippen LogP contribution in [0.3, 0.4) is 0 Å². The molecule has 1 aromatic carbocycles. The van der Waals surface area contributed by atoms with Gasteiger partial charge < -0.3 is 14.8 Å². The Hall–Kier alpha value is -0.770. The average Bonchev–Trinajstić information content (AvgIpc) is 2.28. The Kier molecular flexibility index (Phi) is 5.93. The van der Waals surface area contributed by atoms with Crippen molar-refractivity contribution in [2.45, 2.75) is 32.4 Å². The summed E-state index contributed by atoms with van der Waals surface area (Å²) in [5.74, 6) is 0.692. The Morgan fingerprint density at radius 1 is 1.28 bits per heavy atom. The zero-order chi connectivity index (χ0) is 13.6. The second-order valence-electron chi connectivity index (χ2n) is 5.26. The SMILES string of the molecule is COCC(CNC(C)(C)C)Oc1ccccc1Cl. The van der Waals surface area contributed by atoms with E-state index >= 15 is 0 Å². The van der Waals surface area contributed by atoms with Crippen LogP contribution in [0.1, 0.15) is 20.8 Å². The molecule has 0 fully saturated rings. The minimum atomic E-state index is -0.0610. The summed E-state index contributed by atoms with van der Waals surface area (Å²) >= 11 is 6.07. The second kappa shape index (κ2) is 6.98. The zero-order valence-corrected chi connectivity index (χ0v) is 12.3. The van der Waals surface area contributed by atoms with Crippen molar-refractivity contribution in [3.05, 3.63) is 29.3 Å². The number of rotatable bonds is 6. The summed E-state index contributed by atoms with van der Waals surface area (Å²) in [6.07, 6.45) is -0.0610. The summed E-state index contributed by atoms with van der Waals surface area (Å²) in [5.41, 5.74) is 0.0514. The molecular weight excluding hydrogens is 250 g/mol.